The molecule has 1 heterocycles. The number of hydrogen-bond donors (Lipinski definition) is 2. The molecule has 1 atom stereocenters. The average Bonchev–Trinajstić information content (AvgIpc) is 2.60. The number of rotatable bonds is 5. The van der Waals surface area contributed by atoms with E-state index >= 15 is 0 Å². The van der Waals surface area contributed by atoms with E-state index in [1.165, 1.54) is 12.1 Å². The van der Waals surface area contributed by atoms with E-state index < -0.39 is 10.0 Å². The Hall–Kier alpha value is -1.90. The minimum atomic E-state index is -3.75. The summed E-state index contributed by atoms with van der Waals surface area (Å²) in [5.74, 6) is 0.148. The van der Waals surface area contributed by atoms with Crippen LogP contribution in [0.25, 0.3) is 0 Å². The number of fused-ring (bicyclic) bond motifs is 1. The predicted molar refractivity (Wildman–Crippen MR) is 98.1 cm³/mol. The number of sulfonamides is 1. The Labute approximate surface area is 154 Å². The van der Waals surface area contributed by atoms with Gasteiger partial charge in [0.25, 0.3) is 5.91 Å². The lowest BCUT2D eigenvalue weighted by Gasteiger charge is -2.20. The van der Waals surface area contributed by atoms with Gasteiger partial charge in [-0.25, -0.2) is 13.1 Å². The maximum absolute atomic E-state index is 12.7. The van der Waals surface area contributed by atoms with E-state index in [1.54, 1.807) is 6.07 Å². The van der Waals surface area contributed by atoms with Gasteiger partial charge in [0.05, 0.1) is 10.6 Å². The first-order valence-electron chi connectivity index (χ1n) is 7.73. The van der Waals surface area contributed by atoms with Crippen LogP contribution in [0, 0.1) is 0 Å². The number of hydrogen-bond acceptors (Lipinski definition) is 4. The minimum absolute atomic E-state index is 0.0706. The van der Waals surface area contributed by atoms with Gasteiger partial charge in [-0.15, -0.1) is 0 Å². The molecule has 0 spiro atoms. The van der Waals surface area contributed by atoms with Crippen molar-refractivity contribution in [1.82, 2.24) is 4.72 Å². The second kappa shape index (κ2) is 7.15. The zero-order valence-electron chi connectivity index (χ0n) is 13.5. The third-order valence-corrected chi connectivity index (χ3v) is 5.87. The molecule has 0 fully saturated rings. The van der Waals surface area contributed by atoms with Crippen molar-refractivity contribution in [3.05, 3.63) is 52.5 Å². The van der Waals surface area contributed by atoms with E-state index in [1.807, 2.05) is 31.2 Å². The molecule has 0 saturated heterocycles. The van der Waals surface area contributed by atoms with Crippen molar-refractivity contribution < 1.29 is 17.9 Å². The largest absolute Gasteiger partial charge is 0.482 e. The highest BCUT2D eigenvalue weighted by Crippen LogP contribution is 2.31. The molecular weight excluding hydrogens is 408 g/mol. The number of carbonyl (C=O) groups excluding carboxylic acids is 1. The topological polar surface area (TPSA) is 84.5 Å². The van der Waals surface area contributed by atoms with Gasteiger partial charge in [0, 0.05) is 10.5 Å². The van der Waals surface area contributed by atoms with Gasteiger partial charge in [0.1, 0.15) is 5.75 Å². The molecular formula is C17H17BrN2O4S. The average molecular weight is 425 g/mol. The number of benzene rings is 2. The van der Waals surface area contributed by atoms with Gasteiger partial charge in [0.15, 0.2) is 6.61 Å². The molecule has 3 rings (SSSR count). The monoisotopic (exact) mass is 424 g/mol. The van der Waals surface area contributed by atoms with Crippen LogP contribution in [0.1, 0.15) is 24.9 Å². The molecule has 1 aliphatic rings. The lowest BCUT2D eigenvalue weighted by atomic mass is 10.1. The van der Waals surface area contributed by atoms with Crippen molar-refractivity contribution in [1.29, 1.82) is 0 Å². The van der Waals surface area contributed by atoms with Crippen LogP contribution in [-0.2, 0) is 14.8 Å². The maximum Gasteiger partial charge on any atom is 0.262 e. The predicted octanol–water partition coefficient (Wildman–Crippen LogP) is 3.21. The molecule has 6 nitrogen and oxygen atoms in total. The summed E-state index contributed by atoms with van der Waals surface area (Å²) < 4.78 is 34.4. The van der Waals surface area contributed by atoms with Crippen LogP contribution in [0.15, 0.2) is 51.8 Å². The number of amides is 1. The Morgan fingerprint density at radius 1 is 1.24 bits per heavy atom. The quantitative estimate of drug-likeness (QED) is 0.771. The molecule has 0 bridgehead atoms. The van der Waals surface area contributed by atoms with Crippen molar-refractivity contribution in [3.63, 3.8) is 0 Å². The molecule has 132 valence electrons. The highest BCUT2D eigenvalue weighted by atomic mass is 79.9. The van der Waals surface area contributed by atoms with Crippen LogP contribution in [0.5, 0.6) is 5.75 Å². The summed E-state index contributed by atoms with van der Waals surface area (Å²) in [6.45, 7) is 1.84. The van der Waals surface area contributed by atoms with E-state index in [9.17, 15) is 13.2 Å². The van der Waals surface area contributed by atoms with Gasteiger partial charge in [-0.05, 0) is 42.3 Å². The summed E-state index contributed by atoms with van der Waals surface area (Å²) >= 11 is 3.37. The molecule has 1 amide bonds. The van der Waals surface area contributed by atoms with Crippen molar-refractivity contribution in [2.75, 3.05) is 11.9 Å². The molecule has 2 aromatic carbocycles. The van der Waals surface area contributed by atoms with Gasteiger partial charge >= 0.3 is 0 Å². The Balaban J connectivity index is 1.87. The second-order valence-electron chi connectivity index (χ2n) is 5.63. The maximum atomic E-state index is 12.7. The smallest absolute Gasteiger partial charge is 0.262 e. The Morgan fingerprint density at radius 2 is 1.96 bits per heavy atom. The molecule has 1 unspecified atom stereocenters. The zero-order valence-corrected chi connectivity index (χ0v) is 15.9. The number of carbonyl (C=O) groups is 1. The molecule has 0 saturated carbocycles. The number of anilines is 1. The fraction of sp³-hybridized carbons (Fsp3) is 0.235. The van der Waals surface area contributed by atoms with E-state index in [0.29, 0.717) is 17.9 Å². The van der Waals surface area contributed by atoms with E-state index in [2.05, 4.69) is 26.0 Å². The molecule has 8 heteroatoms. The first kappa shape index (κ1) is 17.9. The summed E-state index contributed by atoms with van der Waals surface area (Å²) in [7, 11) is -3.75. The molecule has 2 N–H and O–H groups in total. The Kier molecular flexibility index (Phi) is 5.12. The van der Waals surface area contributed by atoms with Crippen LogP contribution in [0.3, 0.4) is 0 Å². The van der Waals surface area contributed by atoms with E-state index in [-0.39, 0.29) is 23.5 Å². The minimum Gasteiger partial charge on any atom is -0.482 e. The molecule has 0 aromatic heterocycles. The fourth-order valence-corrected chi connectivity index (χ4v) is 4.16. The van der Waals surface area contributed by atoms with Gasteiger partial charge in [-0.1, -0.05) is 35.0 Å². The van der Waals surface area contributed by atoms with Crippen LogP contribution in [-0.4, -0.2) is 20.9 Å². The van der Waals surface area contributed by atoms with Crippen molar-refractivity contribution in [3.8, 4) is 5.75 Å². The number of halogens is 1. The van der Waals surface area contributed by atoms with E-state index in [4.69, 9.17) is 4.74 Å². The van der Waals surface area contributed by atoms with Gasteiger partial charge in [-0.3, -0.25) is 4.79 Å². The standard InChI is InChI=1S/C17H17BrN2O4S/c1-2-14(11-3-5-12(18)6-4-11)20-25(22,23)13-7-8-16-15(9-13)19-17(21)10-24-16/h3-9,14,20H,2,10H2,1H3,(H,19,21). The van der Waals surface area contributed by atoms with Crippen LogP contribution >= 0.6 is 15.9 Å². The van der Waals surface area contributed by atoms with Crippen LogP contribution in [0.4, 0.5) is 5.69 Å². The summed E-state index contributed by atoms with van der Waals surface area (Å²) in [6, 6.07) is 11.6. The van der Waals surface area contributed by atoms with Crippen molar-refractivity contribution in [2.45, 2.75) is 24.3 Å². The number of nitrogens with one attached hydrogen (secondary N) is 2. The van der Waals surface area contributed by atoms with Crippen LogP contribution < -0.4 is 14.8 Å². The highest BCUT2D eigenvalue weighted by molar-refractivity contribution is 9.10. The van der Waals surface area contributed by atoms with E-state index in [0.717, 1.165) is 10.0 Å². The first-order chi connectivity index (χ1) is 11.9. The summed E-state index contributed by atoms with van der Waals surface area (Å²) in [4.78, 5) is 11.5. The van der Waals surface area contributed by atoms with Crippen molar-refractivity contribution >= 4 is 37.5 Å². The lowest BCUT2D eigenvalue weighted by molar-refractivity contribution is -0.118. The summed E-state index contributed by atoms with van der Waals surface area (Å²) in [6.07, 6.45) is 0.603. The number of ether oxygens (including phenoxy) is 1. The van der Waals surface area contributed by atoms with Crippen molar-refractivity contribution in [2.24, 2.45) is 0 Å². The van der Waals surface area contributed by atoms with Gasteiger partial charge in [-0.2, -0.15) is 0 Å². The summed E-state index contributed by atoms with van der Waals surface area (Å²) in [5.41, 5.74) is 1.24. The lowest BCUT2D eigenvalue weighted by Crippen LogP contribution is -2.29. The Bertz CT molecular complexity index is 897. The normalized spacial score (nSPS) is 15.0. The molecule has 0 radical (unpaired) electrons. The molecule has 1 aliphatic heterocycles. The molecule has 25 heavy (non-hydrogen) atoms. The van der Waals surface area contributed by atoms with Gasteiger partial charge < -0.3 is 10.1 Å². The highest BCUT2D eigenvalue weighted by Gasteiger charge is 2.23. The third kappa shape index (κ3) is 4.02. The molecule has 2 aromatic rings. The van der Waals surface area contributed by atoms with Gasteiger partial charge in [0.2, 0.25) is 10.0 Å². The third-order valence-electron chi connectivity index (χ3n) is 3.87. The zero-order chi connectivity index (χ0) is 18.0. The second-order valence-corrected chi connectivity index (χ2v) is 8.26. The van der Waals surface area contributed by atoms with Crippen LogP contribution in [0.2, 0.25) is 0 Å². The summed E-state index contributed by atoms with van der Waals surface area (Å²) in [5, 5.41) is 2.62. The molecule has 0 aliphatic carbocycles. The fourth-order valence-electron chi connectivity index (χ4n) is 2.57. The first-order valence-corrected chi connectivity index (χ1v) is 10.0. The SMILES string of the molecule is CCC(NS(=O)(=O)c1ccc2c(c1)NC(=O)CO2)c1ccc(Br)cc1. The Morgan fingerprint density at radius 3 is 2.64 bits per heavy atom.